The zero-order valence-corrected chi connectivity index (χ0v) is 12.4. The van der Waals surface area contributed by atoms with Crippen molar-refractivity contribution in [1.82, 2.24) is 10.3 Å². The topological polar surface area (TPSA) is 24.9 Å². The molecule has 2 unspecified atom stereocenters. The molecule has 0 radical (unpaired) electrons. The van der Waals surface area contributed by atoms with Crippen molar-refractivity contribution in [1.29, 1.82) is 0 Å². The quantitative estimate of drug-likeness (QED) is 0.844. The predicted octanol–water partition coefficient (Wildman–Crippen LogP) is 3.68. The maximum atomic E-state index is 4.50. The Balaban J connectivity index is 1.85. The molecular weight excluding hydrogens is 232 g/mol. The lowest BCUT2D eigenvalue weighted by Gasteiger charge is -2.32. The van der Waals surface area contributed by atoms with Gasteiger partial charge in [0.1, 0.15) is 0 Å². The van der Waals surface area contributed by atoms with Crippen molar-refractivity contribution < 1.29 is 0 Å². The van der Waals surface area contributed by atoms with Gasteiger partial charge in [0, 0.05) is 11.9 Å². The molecule has 2 nitrogen and oxygen atoms in total. The maximum absolute atomic E-state index is 4.50. The average Bonchev–Trinajstić information content (AvgIpc) is 2.41. The maximum Gasteiger partial charge on any atom is 0.0406 e. The zero-order valence-electron chi connectivity index (χ0n) is 12.4. The molecule has 106 valence electrons. The van der Waals surface area contributed by atoms with Crippen LogP contribution >= 0.6 is 0 Å². The Labute approximate surface area is 118 Å². The molecule has 0 aromatic carbocycles. The first-order chi connectivity index (χ1) is 9.25. The third-order valence-corrected chi connectivity index (χ3v) is 4.22. The lowest BCUT2D eigenvalue weighted by Crippen LogP contribution is -2.33. The summed E-state index contributed by atoms with van der Waals surface area (Å²) in [6.07, 6.45) is 8.66. The summed E-state index contributed by atoms with van der Waals surface area (Å²) in [5.41, 5.74) is 1.27. The first-order valence-corrected chi connectivity index (χ1v) is 7.86. The fourth-order valence-electron chi connectivity index (χ4n) is 3.17. The highest BCUT2D eigenvalue weighted by Crippen LogP contribution is 2.31. The zero-order chi connectivity index (χ0) is 13.5. The Hall–Kier alpha value is -0.890. The Morgan fingerprint density at radius 3 is 2.68 bits per heavy atom. The Morgan fingerprint density at radius 2 is 2.00 bits per heavy atom. The molecular formula is C17H28N2. The minimum atomic E-state index is 0.748. The van der Waals surface area contributed by atoms with Crippen molar-refractivity contribution in [3.05, 3.63) is 30.1 Å². The number of hydrogen-bond acceptors (Lipinski definition) is 2. The summed E-state index contributed by atoms with van der Waals surface area (Å²) in [6.45, 7) is 6.89. The van der Waals surface area contributed by atoms with Gasteiger partial charge in [-0.05, 0) is 62.2 Å². The first kappa shape index (κ1) is 14.5. The molecule has 1 heterocycles. The van der Waals surface area contributed by atoms with Crippen molar-refractivity contribution >= 4 is 0 Å². The standard InChI is InChI=1S/C17H28N2/c1-14(2)12-18-13-16-8-4-3-7-15(16)11-17-9-5-6-10-19-17/h5-6,9-10,14-16,18H,3-4,7-8,11-13H2,1-2H3. The van der Waals surface area contributed by atoms with Crippen LogP contribution in [0.5, 0.6) is 0 Å². The van der Waals surface area contributed by atoms with Gasteiger partial charge in [0.15, 0.2) is 0 Å². The second kappa shape index (κ2) is 7.64. The van der Waals surface area contributed by atoms with Crippen LogP contribution in [0.2, 0.25) is 0 Å². The summed E-state index contributed by atoms with van der Waals surface area (Å²) in [6, 6.07) is 6.29. The fourth-order valence-corrected chi connectivity index (χ4v) is 3.17. The molecule has 1 N–H and O–H groups in total. The van der Waals surface area contributed by atoms with Crippen LogP contribution < -0.4 is 5.32 Å². The second-order valence-electron chi connectivity index (χ2n) is 6.38. The fraction of sp³-hybridized carbons (Fsp3) is 0.706. The smallest absolute Gasteiger partial charge is 0.0406 e. The average molecular weight is 260 g/mol. The highest BCUT2D eigenvalue weighted by Gasteiger charge is 2.25. The van der Waals surface area contributed by atoms with E-state index in [0.29, 0.717) is 0 Å². The normalized spacial score (nSPS) is 23.7. The highest BCUT2D eigenvalue weighted by molar-refractivity contribution is 5.05. The first-order valence-electron chi connectivity index (χ1n) is 7.86. The van der Waals surface area contributed by atoms with E-state index in [1.54, 1.807) is 0 Å². The van der Waals surface area contributed by atoms with Crippen molar-refractivity contribution in [3.63, 3.8) is 0 Å². The number of aromatic nitrogens is 1. The summed E-state index contributed by atoms with van der Waals surface area (Å²) in [5, 5.41) is 3.65. The SMILES string of the molecule is CC(C)CNCC1CCCCC1Cc1ccccn1. The van der Waals surface area contributed by atoms with E-state index in [1.165, 1.54) is 37.9 Å². The van der Waals surface area contributed by atoms with E-state index in [0.717, 1.165) is 30.7 Å². The van der Waals surface area contributed by atoms with E-state index in [4.69, 9.17) is 0 Å². The molecule has 0 saturated heterocycles. The molecule has 1 aromatic heterocycles. The van der Waals surface area contributed by atoms with Gasteiger partial charge in [-0.25, -0.2) is 0 Å². The van der Waals surface area contributed by atoms with E-state index in [9.17, 15) is 0 Å². The lowest BCUT2D eigenvalue weighted by molar-refractivity contribution is 0.225. The highest BCUT2D eigenvalue weighted by atomic mass is 14.9. The second-order valence-corrected chi connectivity index (χ2v) is 6.38. The van der Waals surface area contributed by atoms with Gasteiger partial charge >= 0.3 is 0 Å². The third kappa shape index (κ3) is 4.94. The van der Waals surface area contributed by atoms with Crippen LogP contribution in [-0.4, -0.2) is 18.1 Å². The van der Waals surface area contributed by atoms with Crippen LogP contribution in [0.1, 0.15) is 45.2 Å². The van der Waals surface area contributed by atoms with Gasteiger partial charge in [-0.15, -0.1) is 0 Å². The molecule has 1 fully saturated rings. The largest absolute Gasteiger partial charge is 0.316 e. The predicted molar refractivity (Wildman–Crippen MR) is 81.1 cm³/mol. The van der Waals surface area contributed by atoms with Crippen LogP contribution in [0.3, 0.4) is 0 Å². The summed E-state index contributed by atoms with van der Waals surface area (Å²) in [7, 11) is 0. The van der Waals surface area contributed by atoms with E-state index < -0.39 is 0 Å². The van der Waals surface area contributed by atoms with Gasteiger partial charge in [0.2, 0.25) is 0 Å². The van der Waals surface area contributed by atoms with Gasteiger partial charge < -0.3 is 5.32 Å². The number of nitrogens with one attached hydrogen (secondary N) is 1. The summed E-state index contributed by atoms with van der Waals surface area (Å²) < 4.78 is 0. The molecule has 2 rings (SSSR count). The Bertz CT molecular complexity index is 348. The molecule has 1 aliphatic carbocycles. The van der Waals surface area contributed by atoms with E-state index in [1.807, 2.05) is 12.3 Å². The minimum Gasteiger partial charge on any atom is -0.316 e. The van der Waals surface area contributed by atoms with Crippen LogP contribution in [-0.2, 0) is 6.42 Å². The summed E-state index contributed by atoms with van der Waals surface area (Å²) >= 11 is 0. The molecule has 2 heteroatoms. The van der Waals surface area contributed by atoms with Gasteiger partial charge in [-0.3, -0.25) is 4.98 Å². The number of pyridine rings is 1. The molecule has 1 saturated carbocycles. The van der Waals surface area contributed by atoms with Crippen LogP contribution in [0.4, 0.5) is 0 Å². The van der Waals surface area contributed by atoms with Crippen LogP contribution in [0.25, 0.3) is 0 Å². The van der Waals surface area contributed by atoms with Crippen molar-refractivity contribution in [2.75, 3.05) is 13.1 Å². The van der Waals surface area contributed by atoms with Crippen molar-refractivity contribution in [2.24, 2.45) is 17.8 Å². The number of rotatable bonds is 6. The van der Waals surface area contributed by atoms with Gasteiger partial charge in [0.05, 0.1) is 0 Å². The van der Waals surface area contributed by atoms with E-state index in [2.05, 4.69) is 36.3 Å². The van der Waals surface area contributed by atoms with Gasteiger partial charge in [-0.2, -0.15) is 0 Å². The summed E-state index contributed by atoms with van der Waals surface area (Å²) in [4.78, 5) is 4.50. The van der Waals surface area contributed by atoms with E-state index in [-0.39, 0.29) is 0 Å². The van der Waals surface area contributed by atoms with E-state index >= 15 is 0 Å². The van der Waals surface area contributed by atoms with Crippen molar-refractivity contribution in [3.8, 4) is 0 Å². The number of nitrogens with zero attached hydrogens (tertiary/aromatic N) is 1. The lowest BCUT2D eigenvalue weighted by atomic mass is 9.76. The van der Waals surface area contributed by atoms with Gasteiger partial charge in [0.25, 0.3) is 0 Å². The third-order valence-electron chi connectivity index (χ3n) is 4.22. The molecule has 0 aliphatic heterocycles. The van der Waals surface area contributed by atoms with Crippen LogP contribution in [0.15, 0.2) is 24.4 Å². The van der Waals surface area contributed by atoms with Gasteiger partial charge in [-0.1, -0.05) is 32.8 Å². The molecule has 1 aliphatic rings. The monoisotopic (exact) mass is 260 g/mol. The minimum absolute atomic E-state index is 0.748. The molecule has 2 atom stereocenters. The number of hydrogen-bond donors (Lipinski definition) is 1. The van der Waals surface area contributed by atoms with Crippen LogP contribution in [0, 0.1) is 17.8 Å². The van der Waals surface area contributed by atoms with Crippen molar-refractivity contribution in [2.45, 2.75) is 46.0 Å². The molecule has 0 spiro atoms. The molecule has 0 bridgehead atoms. The molecule has 0 amide bonds. The summed E-state index contributed by atoms with van der Waals surface area (Å²) in [5.74, 6) is 2.41. The Morgan fingerprint density at radius 1 is 1.21 bits per heavy atom. The molecule has 1 aromatic rings. The molecule has 19 heavy (non-hydrogen) atoms. The Kier molecular flexibility index (Phi) is 5.84.